The maximum Gasteiger partial charge on any atom is 0.226 e. The molecule has 10 heteroatoms. The number of ether oxygens (including phenoxy) is 1. The van der Waals surface area contributed by atoms with E-state index in [0.717, 1.165) is 32.2 Å². The van der Waals surface area contributed by atoms with Gasteiger partial charge in [0.25, 0.3) is 0 Å². The van der Waals surface area contributed by atoms with Crippen molar-refractivity contribution in [1.29, 1.82) is 0 Å². The number of hydrogen-bond acceptors (Lipinski definition) is 9. The predicted octanol–water partition coefficient (Wildman–Crippen LogP) is 3.52. The number of nitrogens with one attached hydrogen (secondary N) is 3. The highest BCUT2D eigenvalue weighted by atomic mass is 32.2. The van der Waals surface area contributed by atoms with Crippen molar-refractivity contribution in [2.75, 3.05) is 18.2 Å². The van der Waals surface area contributed by atoms with E-state index >= 15 is 0 Å². The Bertz CT molecular complexity index is 1260. The molecule has 32 heavy (non-hydrogen) atoms. The molecule has 1 amide bonds. The Morgan fingerprint density at radius 1 is 1.19 bits per heavy atom. The number of fused-ring (bicyclic) bond motifs is 2. The molecule has 3 heterocycles. The first-order valence-electron chi connectivity index (χ1n) is 10.2. The van der Waals surface area contributed by atoms with Crippen LogP contribution in [-0.2, 0) is 4.79 Å². The molecule has 2 aromatic carbocycles. The summed E-state index contributed by atoms with van der Waals surface area (Å²) in [4.78, 5) is 26.2. The maximum absolute atomic E-state index is 12.3. The Hall–Kier alpha value is -2.95. The average Bonchev–Trinajstić information content (AvgIpc) is 3.20. The van der Waals surface area contributed by atoms with Gasteiger partial charge in [0.2, 0.25) is 11.9 Å². The molecular weight excluding hydrogens is 444 g/mol. The van der Waals surface area contributed by atoms with Gasteiger partial charge >= 0.3 is 0 Å². The number of thiazole rings is 1. The van der Waals surface area contributed by atoms with E-state index in [1.54, 1.807) is 30.2 Å². The third-order valence-electron chi connectivity index (χ3n) is 5.20. The molecule has 0 spiro atoms. The fourth-order valence-corrected chi connectivity index (χ4v) is 5.81. The van der Waals surface area contributed by atoms with E-state index in [-0.39, 0.29) is 11.9 Å². The summed E-state index contributed by atoms with van der Waals surface area (Å²) < 4.78 is 7.62. The summed E-state index contributed by atoms with van der Waals surface area (Å²) in [6.07, 6.45) is -0.0645. The van der Waals surface area contributed by atoms with E-state index < -0.39 is 6.29 Å². The number of benzene rings is 2. The van der Waals surface area contributed by atoms with Crippen LogP contribution < -0.4 is 20.7 Å². The zero-order chi connectivity index (χ0) is 22.1. The summed E-state index contributed by atoms with van der Waals surface area (Å²) in [6, 6.07) is 13.8. The number of aromatic nitrogens is 3. The Balaban J connectivity index is 1.28. The molecule has 1 saturated heterocycles. The number of anilines is 1. The number of carbonyl (C=O) groups excluding carboxylic acids is 1. The summed E-state index contributed by atoms with van der Waals surface area (Å²) in [5.74, 6) is 1.82. The van der Waals surface area contributed by atoms with Crippen LogP contribution in [0.15, 0.2) is 46.8 Å². The van der Waals surface area contributed by atoms with Gasteiger partial charge in [0.05, 0.1) is 23.0 Å². The quantitative estimate of drug-likeness (QED) is 0.371. The lowest BCUT2D eigenvalue weighted by Crippen LogP contribution is -2.60. The molecule has 5 rings (SSSR count). The molecule has 0 bridgehead atoms. The zero-order valence-electron chi connectivity index (χ0n) is 17.6. The smallest absolute Gasteiger partial charge is 0.226 e. The number of nitrogens with zero attached hydrogens (tertiary/aromatic N) is 3. The monoisotopic (exact) mass is 466 g/mol. The van der Waals surface area contributed by atoms with Gasteiger partial charge in [-0.25, -0.2) is 15.0 Å². The Kier molecular flexibility index (Phi) is 5.81. The van der Waals surface area contributed by atoms with E-state index in [4.69, 9.17) is 4.74 Å². The van der Waals surface area contributed by atoms with Gasteiger partial charge in [0.1, 0.15) is 11.3 Å². The fraction of sp³-hybridized carbons (Fsp3) is 0.273. The van der Waals surface area contributed by atoms with E-state index in [1.807, 2.05) is 43.3 Å². The van der Waals surface area contributed by atoms with Crippen LogP contribution in [0.3, 0.4) is 0 Å². The number of amides is 1. The van der Waals surface area contributed by atoms with Gasteiger partial charge in [-0.1, -0.05) is 36.0 Å². The van der Waals surface area contributed by atoms with E-state index in [2.05, 4.69) is 37.0 Å². The number of thioether (sulfide) groups is 1. The van der Waals surface area contributed by atoms with Gasteiger partial charge in [-0.2, -0.15) is 0 Å². The lowest BCUT2D eigenvalue weighted by molar-refractivity contribution is -0.123. The minimum atomic E-state index is -0.469. The number of para-hydroxylation sites is 2. The molecule has 2 aromatic heterocycles. The maximum atomic E-state index is 12.3. The van der Waals surface area contributed by atoms with Crippen molar-refractivity contribution in [2.45, 2.75) is 30.0 Å². The number of methoxy groups -OCH3 is 1. The molecule has 164 valence electrons. The van der Waals surface area contributed by atoms with Crippen LogP contribution in [0.1, 0.15) is 12.1 Å². The molecule has 2 unspecified atom stereocenters. The Morgan fingerprint density at radius 3 is 2.91 bits per heavy atom. The van der Waals surface area contributed by atoms with Gasteiger partial charge < -0.3 is 15.4 Å². The summed E-state index contributed by atoms with van der Waals surface area (Å²) in [7, 11) is 1.62. The lowest BCUT2D eigenvalue weighted by Gasteiger charge is -2.31. The zero-order valence-corrected chi connectivity index (χ0v) is 19.2. The van der Waals surface area contributed by atoms with Crippen LogP contribution in [-0.4, -0.2) is 46.1 Å². The van der Waals surface area contributed by atoms with Crippen molar-refractivity contribution in [2.24, 2.45) is 0 Å². The molecule has 0 aliphatic carbocycles. The molecule has 0 radical (unpaired) electrons. The van der Waals surface area contributed by atoms with Crippen LogP contribution in [0.25, 0.3) is 21.1 Å². The average molecular weight is 467 g/mol. The molecule has 8 nitrogen and oxygen atoms in total. The first-order valence-corrected chi connectivity index (χ1v) is 12.0. The largest absolute Gasteiger partial charge is 0.494 e. The van der Waals surface area contributed by atoms with Crippen molar-refractivity contribution >= 4 is 56.1 Å². The van der Waals surface area contributed by atoms with E-state index in [9.17, 15) is 4.79 Å². The first-order chi connectivity index (χ1) is 15.6. The highest BCUT2D eigenvalue weighted by Gasteiger charge is 2.27. The minimum absolute atomic E-state index is 0.00523. The third-order valence-corrected chi connectivity index (χ3v) is 7.54. The van der Waals surface area contributed by atoms with Crippen LogP contribution >= 0.6 is 23.1 Å². The highest BCUT2D eigenvalue weighted by molar-refractivity contribution is 8.01. The summed E-state index contributed by atoms with van der Waals surface area (Å²) in [5, 5.41) is 10.5. The van der Waals surface area contributed by atoms with Crippen molar-refractivity contribution in [1.82, 2.24) is 25.6 Å². The van der Waals surface area contributed by atoms with Crippen LogP contribution in [0.4, 0.5) is 5.95 Å². The standard InChI is InChI=1S/C22H22N6O2S2/c1-12-14-6-5-8-16(30-2)19(14)27-20(23-12)28-21-24-13(10-18(29)26-21)11-31-22-25-15-7-3-4-9-17(15)32-22/h3-9,13,21,24H,10-11H2,1-2H3,(H,26,29)(H,23,27,28). The normalized spacial score (nSPS) is 18.6. The molecule has 1 aliphatic heterocycles. The minimum Gasteiger partial charge on any atom is -0.494 e. The molecule has 3 N–H and O–H groups in total. The van der Waals surface area contributed by atoms with Crippen LogP contribution in [0.5, 0.6) is 5.75 Å². The van der Waals surface area contributed by atoms with Crippen molar-refractivity contribution < 1.29 is 9.53 Å². The molecule has 0 saturated carbocycles. The summed E-state index contributed by atoms with van der Waals surface area (Å²) >= 11 is 3.33. The highest BCUT2D eigenvalue weighted by Crippen LogP contribution is 2.30. The molecule has 4 aromatic rings. The molecule has 1 fully saturated rings. The molecular formula is C22H22N6O2S2. The molecule has 2 atom stereocenters. The van der Waals surface area contributed by atoms with Gasteiger partial charge in [-0.3, -0.25) is 10.1 Å². The number of aryl methyl sites for hydroxylation is 1. The summed E-state index contributed by atoms with van der Waals surface area (Å²) in [5.41, 5.74) is 2.57. The van der Waals surface area contributed by atoms with E-state index in [0.29, 0.717) is 18.1 Å². The SMILES string of the molecule is COc1cccc2c(C)nc(NC3NC(=O)CC(CSc4nc5ccccc5s4)N3)nc12. The Labute approximate surface area is 193 Å². The van der Waals surface area contributed by atoms with Gasteiger partial charge in [0.15, 0.2) is 10.6 Å². The second-order valence-corrected chi connectivity index (χ2v) is 9.76. The topological polar surface area (TPSA) is 101 Å². The number of carbonyl (C=O) groups is 1. The first kappa shape index (κ1) is 20.9. The van der Waals surface area contributed by atoms with Gasteiger partial charge in [-0.15, -0.1) is 11.3 Å². The fourth-order valence-electron chi connectivity index (χ4n) is 3.69. The number of rotatable bonds is 6. The van der Waals surface area contributed by atoms with Crippen molar-refractivity contribution in [3.05, 3.63) is 48.2 Å². The predicted molar refractivity (Wildman–Crippen MR) is 128 cm³/mol. The summed E-state index contributed by atoms with van der Waals surface area (Å²) in [6.45, 7) is 1.93. The van der Waals surface area contributed by atoms with Gasteiger partial charge in [-0.05, 0) is 25.1 Å². The van der Waals surface area contributed by atoms with Crippen molar-refractivity contribution in [3.8, 4) is 5.75 Å². The second-order valence-electron chi connectivity index (χ2n) is 7.46. The number of hydrogen-bond donors (Lipinski definition) is 3. The van der Waals surface area contributed by atoms with Crippen molar-refractivity contribution in [3.63, 3.8) is 0 Å². The lowest BCUT2D eigenvalue weighted by atomic mass is 10.2. The molecule has 1 aliphatic rings. The van der Waals surface area contributed by atoms with E-state index in [1.165, 1.54) is 4.70 Å². The van der Waals surface area contributed by atoms with Crippen LogP contribution in [0, 0.1) is 6.92 Å². The van der Waals surface area contributed by atoms with Crippen LogP contribution in [0.2, 0.25) is 0 Å². The Morgan fingerprint density at radius 2 is 2.06 bits per heavy atom. The second kappa shape index (κ2) is 8.89. The van der Waals surface area contributed by atoms with Gasteiger partial charge in [0, 0.05) is 23.6 Å². The third kappa shape index (κ3) is 4.34.